The first kappa shape index (κ1) is 21.0. The molecule has 7 nitrogen and oxygen atoms in total. The lowest BCUT2D eigenvalue weighted by Crippen LogP contribution is -2.38. The summed E-state index contributed by atoms with van der Waals surface area (Å²) in [6.07, 6.45) is 3.81. The molecule has 1 heterocycles. The van der Waals surface area contributed by atoms with Gasteiger partial charge in [0.15, 0.2) is 0 Å². The first-order valence-electron chi connectivity index (χ1n) is 8.28. The standard InChI is InChI=1S/C17H26O7S2/c1-11-12(2)16-14(13(3)15(11)24-26(6,20)21)7-8-17(4,23-16)9-10-22-25(5,18)19/h7-10H2,1-6H3. The first-order chi connectivity index (χ1) is 11.7. The molecule has 1 unspecified atom stereocenters. The Kier molecular flexibility index (Phi) is 5.66. The summed E-state index contributed by atoms with van der Waals surface area (Å²) in [6, 6.07) is 0. The molecule has 0 radical (unpaired) electrons. The molecule has 0 aliphatic carbocycles. The Morgan fingerprint density at radius 3 is 2.15 bits per heavy atom. The summed E-state index contributed by atoms with van der Waals surface area (Å²) in [5, 5.41) is 0. The smallest absolute Gasteiger partial charge is 0.306 e. The number of ether oxygens (including phenoxy) is 1. The molecule has 1 aromatic rings. The van der Waals surface area contributed by atoms with Crippen LogP contribution in [0.1, 0.15) is 42.0 Å². The molecule has 2 rings (SSSR count). The van der Waals surface area contributed by atoms with Gasteiger partial charge in [-0.25, -0.2) is 0 Å². The van der Waals surface area contributed by atoms with Gasteiger partial charge in [0.05, 0.1) is 19.1 Å². The zero-order valence-corrected chi connectivity index (χ0v) is 17.6. The molecule has 9 heteroatoms. The van der Waals surface area contributed by atoms with Crippen molar-refractivity contribution in [2.24, 2.45) is 0 Å². The zero-order valence-electron chi connectivity index (χ0n) is 16.0. The van der Waals surface area contributed by atoms with Gasteiger partial charge in [0.2, 0.25) is 0 Å². The number of hydrogen-bond donors (Lipinski definition) is 0. The molecule has 1 atom stereocenters. The summed E-state index contributed by atoms with van der Waals surface area (Å²) >= 11 is 0. The average molecular weight is 407 g/mol. The van der Waals surface area contributed by atoms with Gasteiger partial charge in [-0.3, -0.25) is 4.18 Å². The predicted molar refractivity (Wildman–Crippen MR) is 98.9 cm³/mol. The van der Waals surface area contributed by atoms with E-state index >= 15 is 0 Å². The highest BCUT2D eigenvalue weighted by Crippen LogP contribution is 2.44. The fraction of sp³-hybridized carbons (Fsp3) is 0.647. The van der Waals surface area contributed by atoms with E-state index in [0.29, 0.717) is 36.3 Å². The van der Waals surface area contributed by atoms with Gasteiger partial charge in [-0.1, -0.05) is 0 Å². The zero-order chi connectivity index (χ0) is 19.9. The van der Waals surface area contributed by atoms with E-state index in [1.807, 2.05) is 20.8 Å². The van der Waals surface area contributed by atoms with Crippen LogP contribution in [0.2, 0.25) is 0 Å². The summed E-state index contributed by atoms with van der Waals surface area (Å²) in [5.41, 5.74) is 2.65. The molecular weight excluding hydrogens is 380 g/mol. The lowest BCUT2D eigenvalue weighted by molar-refractivity contribution is 0.0422. The van der Waals surface area contributed by atoms with Gasteiger partial charge in [-0.05, 0) is 57.2 Å². The molecule has 0 saturated heterocycles. The molecule has 1 aliphatic rings. The van der Waals surface area contributed by atoms with Crippen LogP contribution in [-0.4, -0.2) is 41.6 Å². The molecule has 26 heavy (non-hydrogen) atoms. The summed E-state index contributed by atoms with van der Waals surface area (Å²) in [5.74, 6) is 1.07. The van der Waals surface area contributed by atoms with E-state index in [-0.39, 0.29) is 6.61 Å². The van der Waals surface area contributed by atoms with E-state index in [2.05, 4.69) is 0 Å². The van der Waals surface area contributed by atoms with Gasteiger partial charge in [-0.2, -0.15) is 16.8 Å². The summed E-state index contributed by atoms with van der Waals surface area (Å²) in [6.45, 7) is 7.46. The molecule has 0 bridgehead atoms. The largest absolute Gasteiger partial charge is 0.487 e. The first-order valence-corrected chi connectivity index (χ1v) is 11.9. The Morgan fingerprint density at radius 1 is 1.00 bits per heavy atom. The van der Waals surface area contributed by atoms with Gasteiger partial charge < -0.3 is 8.92 Å². The van der Waals surface area contributed by atoms with Gasteiger partial charge in [0.1, 0.15) is 17.1 Å². The Hall–Kier alpha value is -1.32. The molecule has 1 aromatic carbocycles. The molecule has 0 saturated carbocycles. The van der Waals surface area contributed by atoms with E-state index < -0.39 is 25.8 Å². The molecule has 0 fully saturated rings. The van der Waals surface area contributed by atoms with E-state index in [1.165, 1.54) is 0 Å². The minimum absolute atomic E-state index is 0.0525. The molecule has 0 N–H and O–H groups in total. The molecule has 1 aliphatic heterocycles. The SMILES string of the molecule is Cc1c(C)c2c(c(C)c1OS(C)(=O)=O)CCC(C)(CCOS(C)(=O)=O)O2. The normalized spacial score (nSPS) is 20.4. The van der Waals surface area contributed by atoms with Crippen LogP contribution in [-0.2, 0) is 30.8 Å². The Morgan fingerprint density at radius 2 is 1.62 bits per heavy atom. The summed E-state index contributed by atoms with van der Waals surface area (Å²) < 4.78 is 61.7. The summed E-state index contributed by atoms with van der Waals surface area (Å²) in [4.78, 5) is 0. The van der Waals surface area contributed by atoms with Gasteiger partial charge in [0.25, 0.3) is 10.1 Å². The van der Waals surface area contributed by atoms with Crippen LogP contribution in [0.3, 0.4) is 0 Å². The second-order valence-electron chi connectivity index (χ2n) is 7.13. The Balaban J connectivity index is 2.34. The van der Waals surface area contributed by atoms with Crippen LogP contribution in [0.4, 0.5) is 0 Å². The second kappa shape index (κ2) is 7.01. The fourth-order valence-corrected chi connectivity index (χ4v) is 4.08. The monoisotopic (exact) mass is 406 g/mol. The molecule has 148 valence electrons. The van der Waals surface area contributed by atoms with E-state index in [4.69, 9.17) is 13.1 Å². The lowest BCUT2D eigenvalue weighted by atomic mass is 9.86. The average Bonchev–Trinajstić information content (AvgIpc) is 2.47. The van der Waals surface area contributed by atoms with Crippen LogP contribution >= 0.6 is 0 Å². The van der Waals surface area contributed by atoms with Crippen molar-refractivity contribution in [2.45, 2.75) is 52.6 Å². The molecule has 0 amide bonds. The van der Waals surface area contributed by atoms with Crippen molar-refractivity contribution >= 4 is 20.2 Å². The third-order valence-corrected chi connectivity index (χ3v) is 5.79. The molecule has 0 aromatic heterocycles. The fourth-order valence-electron chi connectivity index (χ4n) is 3.14. The maximum absolute atomic E-state index is 11.6. The minimum Gasteiger partial charge on any atom is -0.487 e. The predicted octanol–water partition coefficient (Wildman–Crippen LogP) is 2.40. The van der Waals surface area contributed by atoms with Crippen LogP contribution in [0.25, 0.3) is 0 Å². The van der Waals surface area contributed by atoms with Crippen molar-refractivity contribution in [2.75, 3.05) is 19.1 Å². The molecule has 0 spiro atoms. The van der Waals surface area contributed by atoms with E-state index in [0.717, 1.165) is 29.2 Å². The van der Waals surface area contributed by atoms with Gasteiger partial charge >= 0.3 is 10.1 Å². The van der Waals surface area contributed by atoms with Crippen LogP contribution < -0.4 is 8.92 Å². The second-order valence-corrected chi connectivity index (χ2v) is 10.3. The number of benzene rings is 1. The third-order valence-electron chi connectivity index (χ3n) is 4.73. The topological polar surface area (TPSA) is 96.0 Å². The van der Waals surface area contributed by atoms with Gasteiger partial charge in [-0.15, -0.1) is 0 Å². The quantitative estimate of drug-likeness (QED) is 0.669. The number of rotatable bonds is 6. The minimum atomic E-state index is -3.63. The highest BCUT2D eigenvalue weighted by Gasteiger charge is 2.35. The number of hydrogen-bond acceptors (Lipinski definition) is 7. The van der Waals surface area contributed by atoms with Crippen molar-refractivity contribution in [3.8, 4) is 11.5 Å². The highest BCUT2D eigenvalue weighted by molar-refractivity contribution is 7.86. The van der Waals surface area contributed by atoms with Crippen LogP contribution in [0, 0.1) is 20.8 Å². The maximum Gasteiger partial charge on any atom is 0.306 e. The lowest BCUT2D eigenvalue weighted by Gasteiger charge is -2.38. The third kappa shape index (κ3) is 4.89. The maximum atomic E-state index is 11.6. The van der Waals surface area contributed by atoms with Gasteiger partial charge in [0, 0.05) is 12.0 Å². The highest BCUT2D eigenvalue weighted by atomic mass is 32.2. The van der Waals surface area contributed by atoms with E-state index in [9.17, 15) is 16.8 Å². The Labute approximate surface area is 155 Å². The van der Waals surface area contributed by atoms with Crippen molar-refractivity contribution < 1.29 is 29.9 Å². The number of fused-ring (bicyclic) bond motifs is 1. The van der Waals surface area contributed by atoms with Crippen LogP contribution in [0.15, 0.2) is 0 Å². The van der Waals surface area contributed by atoms with E-state index in [1.54, 1.807) is 6.92 Å². The summed E-state index contributed by atoms with van der Waals surface area (Å²) in [7, 11) is -7.11. The van der Waals surface area contributed by atoms with Crippen molar-refractivity contribution in [1.29, 1.82) is 0 Å². The Bertz CT molecular complexity index is 917. The van der Waals surface area contributed by atoms with Crippen LogP contribution in [0.5, 0.6) is 11.5 Å². The van der Waals surface area contributed by atoms with Crippen molar-refractivity contribution in [3.05, 3.63) is 22.3 Å². The van der Waals surface area contributed by atoms with Crippen molar-refractivity contribution in [3.63, 3.8) is 0 Å². The van der Waals surface area contributed by atoms with Crippen molar-refractivity contribution in [1.82, 2.24) is 0 Å². The molecular formula is C17H26O7S2.